The van der Waals surface area contributed by atoms with E-state index >= 15 is 0 Å². The number of aromatic nitrogens is 1. The molecule has 1 unspecified atom stereocenters. The molecule has 0 aliphatic carbocycles. The van der Waals surface area contributed by atoms with Gasteiger partial charge in [0, 0.05) is 6.20 Å². The highest BCUT2D eigenvalue weighted by Crippen LogP contribution is 2.11. The van der Waals surface area contributed by atoms with Gasteiger partial charge in [-0.3, -0.25) is 4.79 Å². The summed E-state index contributed by atoms with van der Waals surface area (Å²) < 4.78 is 0. The van der Waals surface area contributed by atoms with E-state index in [-0.39, 0.29) is 11.8 Å². The van der Waals surface area contributed by atoms with Crippen LogP contribution in [0, 0.1) is 0 Å². The van der Waals surface area contributed by atoms with Crippen LogP contribution in [0.5, 0.6) is 0 Å². The average Bonchev–Trinajstić information content (AvgIpc) is 2.71. The topological polar surface area (TPSA) is 44.9 Å². The van der Waals surface area contributed by atoms with Crippen molar-refractivity contribution in [2.24, 2.45) is 0 Å². The van der Waals surface area contributed by atoms with Crippen LogP contribution >= 0.6 is 0 Å². The number of ketones is 1. The molecule has 1 aromatic rings. The van der Waals surface area contributed by atoms with E-state index in [0.29, 0.717) is 0 Å². The molecule has 1 saturated heterocycles. The van der Waals surface area contributed by atoms with Gasteiger partial charge in [-0.15, -0.1) is 0 Å². The number of hydrogen-bond acceptors (Lipinski definition) is 2. The Kier molecular flexibility index (Phi) is 2.45. The van der Waals surface area contributed by atoms with Crippen LogP contribution in [0.1, 0.15) is 29.8 Å². The smallest absolute Gasteiger partial charge is 0.195 e. The van der Waals surface area contributed by atoms with E-state index in [9.17, 15) is 4.79 Å². The van der Waals surface area contributed by atoms with E-state index in [2.05, 4.69) is 10.3 Å². The molecule has 0 saturated carbocycles. The van der Waals surface area contributed by atoms with E-state index < -0.39 is 0 Å². The number of hydrogen-bond donors (Lipinski definition) is 2. The highest BCUT2D eigenvalue weighted by Gasteiger charge is 2.21. The van der Waals surface area contributed by atoms with Crippen molar-refractivity contribution in [2.75, 3.05) is 6.54 Å². The molecule has 1 aromatic heterocycles. The molecule has 3 heteroatoms. The number of Topliss-reactive ketones (excluding diaryl/α,β-unsaturated/α-hetero) is 1. The molecule has 0 aromatic carbocycles. The van der Waals surface area contributed by atoms with Crippen molar-refractivity contribution in [3.8, 4) is 0 Å². The zero-order valence-corrected chi connectivity index (χ0v) is 7.55. The van der Waals surface area contributed by atoms with Gasteiger partial charge in [-0.2, -0.15) is 0 Å². The van der Waals surface area contributed by atoms with Crippen LogP contribution in [-0.4, -0.2) is 23.4 Å². The molecule has 0 radical (unpaired) electrons. The van der Waals surface area contributed by atoms with Crippen molar-refractivity contribution < 1.29 is 4.79 Å². The van der Waals surface area contributed by atoms with Crippen molar-refractivity contribution in [3.05, 3.63) is 24.0 Å². The molecular weight excluding hydrogens is 164 g/mol. The van der Waals surface area contributed by atoms with Crippen LogP contribution in [0.15, 0.2) is 18.3 Å². The van der Waals surface area contributed by atoms with Gasteiger partial charge in [-0.25, -0.2) is 0 Å². The number of carbonyl (C=O) groups excluding carboxylic acids is 1. The molecule has 0 spiro atoms. The van der Waals surface area contributed by atoms with Crippen molar-refractivity contribution in [3.63, 3.8) is 0 Å². The quantitative estimate of drug-likeness (QED) is 0.671. The molecule has 1 fully saturated rings. The summed E-state index contributed by atoms with van der Waals surface area (Å²) in [6.45, 7) is 0.969. The first-order valence-electron chi connectivity index (χ1n) is 4.79. The molecule has 1 atom stereocenters. The largest absolute Gasteiger partial charge is 0.359 e. The summed E-state index contributed by atoms with van der Waals surface area (Å²) in [5.41, 5.74) is 0.722. The number of carbonyl (C=O) groups is 1. The minimum Gasteiger partial charge on any atom is -0.359 e. The van der Waals surface area contributed by atoms with E-state index in [0.717, 1.165) is 25.1 Å². The summed E-state index contributed by atoms with van der Waals surface area (Å²) in [5, 5.41) is 3.24. The maximum atomic E-state index is 11.8. The van der Waals surface area contributed by atoms with Crippen LogP contribution in [0.25, 0.3) is 0 Å². The molecule has 1 aliphatic rings. The molecule has 1 aliphatic heterocycles. The maximum absolute atomic E-state index is 11.8. The zero-order valence-electron chi connectivity index (χ0n) is 7.55. The van der Waals surface area contributed by atoms with Gasteiger partial charge < -0.3 is 10.3 Å². The lowest BCUT2D eigenvalue weighted by molar-refractivity contribution is 0.0923. The summed E-state index contributed by atoms with van der Waals surface area (Å²) in [6.07, 6.45) is 5.10. The molecule has 2 N–H and O–H groups in total. The fourth-order valence-electron chi connectivity index (χ4n) is 1.75. The predicted molar refractivity (Wildman–Crippen MR) is 50.8 cm³/mol. The Morgan fingerprint density at radius 1 is 1.46 bits per heavy atom. The van der Waals surface area contributed by atoms with Gasteiger partial charge in [0.1, 0.15) is 0 Å². The van der Waals surface area contributed by atoms with Gasteiger partial charge in [0.15, 0.2) is 5.78 Å². The van der Waals surface area contributed by atoms with Gasteiger partial charge >= 0.3 is 0 Å². The minimum absolute atomic E-state index is 0.0346. The highest BCUT2D eigenvalue weighted by atomic mass is 16.1. The summed E-state index contributed by atoms with van der Waals surface area (Å²) in [5.74, 6) is 0.199. The fraction of sp³-hybridized carbons (Fsp3) is 0.500. The molecule has 13 heavy (non-hydrogen) atoms. The lowest BCUT2D eigenvalue weighted by Gasteiger charge is -2.21. The van der Waals surface area contributed by atoms with E-state index in [1.807, 2.05) is 12.1 Å². The third kappa shape index (κ3) is 1.80. The first-order valence-corrected chi connectivity index (χ1v) is 4.79. The molecular formula is C10H14N2O. The Bertz CT molecular complexity index is 273. The number of rotatable bonds is 2. The summed E-state index contributed by atoms with van der Waals surface area (Å²) in [7, 11) is 0. The molecule has 2 heterocycles. The molecule has 2 rings (SSSR count). The van der Waals surface area contributed by atoms with E-state index in [1.54, 1.807) is 6.20 Å². The Morgan fingerprint density at radius 3 is 3.00 bits per heavy atom. The van der Waals surface area contributed by atoms with Crippen LogP contribution < -0.4 is 5.32 Å². The Hall–Kier alpha value is -1.09. The van der Waals surface area contributed by atoms with Crippen LogP contribution in [0.4, 0.5) is 0 Å². The first-order chi connectivity index (χ1) is 6.38. The molecule has 3 nitrogen and oxygen atoms in total. The maximum Gasteiger partial charge on any atom is 0.195 e. The first kappa shape index (κ1) is 8.51. The van der Waals surface area contributed by atoms with Crippen LogP contribution in [-0.2, 0) is 0 Å². The highest BCUT2D eigenvalue weighted by molar-refractivity contribution is 5.98. The number of piperidine rings is 1. The number of aromatic amines is 1. The van der Waals surface area contributed by atoms with Gasteiger partial charge in [-0.1, -0.05) is 6.42 Å². The van der Waals surface area contributed by atoms with Gasteiger partial charge in [0.05, 0.1) is 11.7 Å². The normalized spacial score (nSPS) is 22.9. The number of H-pyrrole nitrogens is 1. The average molecular weight is 178 g/mol. The van der Waals surface area contributed by atoms with Crippen LogP contribution in [0.2, 0.25) is 0 Å². The van der Waals surface area contributed by atoms with Crippen LogP contribution in [0.3, 0.4) is 0 Å². The zero-order chi connectivity index (χ0) is 9.10. The minimum atomic E-state index is 0.0346. The van der Waals surface area contributed by atoms with E-state index in [4.69, 9.17) is 0 Å². The molecule has 70 valence electrons. The second-order valence-corrected chi connectivity index (χ2v) is 3.45. The fourth-order valence-corrected chi connectivity index (χ4v) is 1.75. The monoisotopic (exact) mass is 178 g/mol. The third-order valence-electron chi connectivity index (χ3n) is 2.49. The predicted octanol–water partition coefficient (Wildman–Crippen LogP) is 1.34. The number of nitrogens with one attached hydrogen (secondary N) is 2. The molecule has 0 bridgehead atoms. The van der Waals surface area contributed by atoms with Gasteiger partial charge in [0.2, 0.25) is 0 Å². The third-order valence-corrected chi connectivity index (χ3v) is 2.49. The Labute approximate surface area is 77.5 Å². The standard InChI is InChI=1S/C10H14N2O/c13-10(9-5-3-7-12-9)8-4-1-2-6-11-8/h3,5,7-8,11-12H,1-2,4,6H2. The van der Waals surface area contributed by atoms with Crippen molar-refractivity contribution >= 4 is 5.78 Å². The van der Waals surface area contributed by atoms with E-state index in [1.165, 1.54) is 6.42 Å². The van der Waals surface area contributed by atoms with Gasteiger partial charge in [0.25, 0.3) is 0 Å². The lowest BCUT2D eigenvalue weighted by Crippen LogP contribution is -2.40. The lowest BCUT2D eigenvalue weighted by atomic mass is 9.99. The molecule has 0 amide bonds. The Morgan fingerprint density at radius 2 is 2.38 bits per heavy atom. The van der Waals surface area contributed by atoms with Crippen molar-refractivity contribution in [1.29, 1.82) is 0 Å². The summed E-state index contributed by atoms with van der Waals surface area (Å²) in [6, 6.07) is 3.72. The van der Waals surface area contributed by atoms with Gasteiger partial charge in [-0.05, 0) is 31.5 Å². The van der Waals surface area contributed by atoms with Crippen molar-refractivity contribution in [2.45, 2.75) is 25.3 Å². The SMILES string of the molecule is O=C(c1ccc[nH]1)C1CCCCN1. The van der Waals surface area contributed by atoms with Crippen molar-refractivity contribution in [1.82, 2.24) is 10.3 Å². The summed E-state index contributed by atoms with van der Waals surface area (Å²) in [4.78, 5) is 14.7. The second kappa shape index (κ2) is 3.75. The second-order valence-electron chi connectivity index (χ2n) is 3.45. The summed E-state index contributed by atoms with van der Waals surface area (Å²) >= 11 is 0. The Balaban J connectivity index is 2.04.